The van der Waals surface area contributed by atoms with Crippen LogP contribution in [-0.2, 0) is 25.6 Å². The number of aromatic amines is 1. The van der Waals surface area contributed by atoms with E-state index in [-0.39, 0.29) is 12.3 Å². The van der Waals surface area contributed by atoms with Crippen LogP contribution < -0.4 is 21.7 Å². The number of rotatable bonds is 14. The Balaban J connectivity index is 2.01. The second kappa shape index (κ2) is 13.9. The summed E-state index contributed by atoms with van der Waals surface area (Å²) in [4.78, 5) is 53.0. The normalized spacial score (nSPS) is 15.4. The van der Waals surface area contributed by atoms with Gasteiger partial charge in [-0.1, -0.05) is 38.5 Å². The van der Waals surface area contributed by atoms with Crippen LogP contribution in [-0.4, -0.2) is 70.0 Å². The fourth-order valence-corrected chi connectivity index (χ4v) is 4.23. The number of nitrogens with two attached hydrogens (primary N) is 1. The minimum absolute atomic E-state index is 0.276. The van der Waals surface area contributed by atoms with Crippen molar-refractivity contribution >= 4 is 46.4 Å². The van der Waals surface area contributed by atoms with Crippen molar-refractivity contribution in [2.45, 2.75) is 64.2 Å². The van der Waals surface area contributed by atoms with E-state index in [0.717, 1.165) is 16.5 Å². The van der Waals surface area contributed by atoms with E-state index in [4.69, 9.17) is 5.73 Å². The van der Waals surface area contributed by atoms with Gasteiger partial charge >= 0.3 is 5.97 Å². The molecular formula is C25H37N5O5S. The van der Waals surface area contributed by atoms with Gasteiger partial charge in [0.25, 0.3) is 0 Å². The fourth-order valence-electron chi connectivity index (χ4n) is 3.75. The molecule has 11 heteroatoms. The number of carbonyl (C=O) groups excluding carboxylic acids is 3. The van der Waals surface area contributed by atoms with E-state index in [0.29, 0.717) is 18.6 Å². The Morgan fingerprint density at radius 1 is 1.06 bits per heavy atom. The molecule has 0 aliphatic rings. The van der Waals surface area contributed by atoms with Crippen LogP contribution in [0, 0.1) is 5.92 Å². The molecule has 2 rings (SSSR count). The van der Waals surface area contributed by atoms with Gasteiger partial charge in [0.2, 0.25) is 17.7 Å². The molecule has 2 aromatic rings. The molecule has 0 fully saturated rings. The van der Waals surface area contributed by atoms with Crippen molar-refractivity contribution in [3.63, 3.8) is 0 Å². The Kier molecular flexibility index (Phi) is 11.3. The van der Waals surface area contributed by atoms with Crippen LogP contribution in [0.5, 0.6) is 0 Å². The number of aliphatic carboxylic acids is 1. The second-order valence-corrected chi connectivity index (χ2v) is 9.94. The molecule has 1 heterocycles. The molecule has 0 aliphatic heterocycles. The molecule has 0 bridgehead atoms. The number of benzene rings is 1. The molecule has 0 aliphatic carbocycles. The molecular weight excluding hydrogens is 482 g/mol. The maximum atomic E-state index is 12.9. The Labute approximate surface area is 215 Å². The molecule has 5 atom stereocenters. The average Bonchev–Trinajstić information content (AvgIpc) is 3.26. The third-order valence-corrected chi connectivity index (χ3v) is 6.87. The highest BCUT2D eigenvalue weighted by atomic mass is 32.2. The summed E-state index contributed by atoms with van der Waals surface area (Å²) in [6.07, 6.45) is 4.91. The lowest BCUT2D eigenvalue weighted by Gasteiger charge is -2.25. The molecule has 10 nitrogen and oxygen atoms in total. The first-order valence-corrected chi connectivity index (χ1v) is 13.4. The van der Waals surface area contributed by atoms with Gasteiger partial charge < -0.3 is 31.8 Å². The SMILES string of the molecule is CCC(C)C(NC(=O)C(C)NC(=O)C(CCSC)NC(=O)C(N)Cc1c[nH]c2ccccc12)C(=O)O. The van der Waals surface area contributed by atoms with Crippen molar-refractivity contribution in [3.8, 4) is 0 Å². The summed E-state index contributed by atoms with van der Waals surface area (Å²) in [6, 6.07) is 3.90. The van der Waals surface area contributed by atoms with E-state index in [1.165, 1.54) is 18.7 Å². The Hall–Kier alpha value is -3.05. The predicted molar refractivity (Wildman–Crippen MR) is 142 cm³/mol. The molecule has 1 aromatic carbocycles. The van der Waals surface area contributed by atoms with Crippen molar-refractivity contribution in [3.05, 3.63) is 36.0 Å². The van der Waals surface area contributed by atoms with Crippen molar-refractivity contribution < 1.29 is 24.3 Å². The van der Waals surface area contributed by atoms with Crippen LogP contribution in [0.3, 0.4) is 0 Å². The quantitative estimate of drug-likeness (QED) is 0.219. The van der Waals surface area contributed by atoms with Gasteiger partial charge in [0, 0.05) is 17.1 Å². The van der Waals surface area contributed by atoms with Gasteiger partial charge in [0.05, 0.1) is 6.04 Å². The largest absolute Gasteiger partial charge is 0.480 e. The van der Waals surface area contributed by atoms with Gasteiger partial charge in [-0.05, 0) is 49.3 Å². The lowest BCUT2D eigenvalue weighted by molar-refractivity contribution is -0.143. The lowest BCUT2D eigenvalue weighted by atomic mass is 9.99. The number of amides is 3. The standard InChI is InChI=1S/C25H37N5O5S/c1-5-14(2)21(25(34)35)30-22(31)15(3)28-24(33)20(10-11-36-4)29-23(32)18(26)12-16-13-27-19-9-7-6-8-17(16)19/h6-9,13-15,18,20-21,27H,5,10-12,26H2,1-4H3,(H,28,33)(H,29,32)(H,30,31)(H,34,35). The predicted octanol–water partition coefficient (Wildman–Crippen LogP) is 1.40. The highest BCUT2D eigenvalue weighted by molar-refractivity contribution is 7.98. The summed E-state index contributed by atoms with van der Waals surface area (Å²) < 4.78 is 0. The van der Waals surface area contributed by atoms with E-state index < -0.39 is 47.9 Å². The summed E-state index contributed by atoms with van der Waals surface area (Å²) in [7, 11) is 0. The van der Waals surface area contributed by atoms with Gasteiger partial charge in [0.15, 0.2) is 0 Å². The summed E-state index contributed by atoms with van der Waals surface area (Å²) in [6.45, 7) is 5.04. The van der Waals surface area contributed by atoms with Gasteiger partial charge in [-0.25, -0.2) is 4.79 Å². The second-order valence-electron chi connectivity index (χ2n) is 8.95. The smallest absolute Gasteiger partial charge is 0.326 e. The number of aromatic nitrogens is 1. The van der Waals surface area contributed by atoms with E-state index in [2.05, 4.69) is 20.9 Å². The zero-order valence-electron chi connectivity index (χ0n) is 21.2. The lowest BCUT2D eigenvalue weighted by Crippen LogP contribution is -2.57. The topological polar surface area (TPSA) is 166 Å². The third kappa shape index (κ3) is 7.99. The maximum absolute atomic E-state index is 12.9. The van der Waals surface area contributed by atoms with Gasteiger partial charge in [-0.15, -0.1) is 0 Å². The number of carboxylic acids is 1. The first kappa shape index (κ1) is 29.2. The molecule has 0 radical (unpaired) electrons. The van der Waals surface area contributed by atoms with Crippen molar-refractivity contribution in [1.29, 1.82) is 0 Å². The Morgan fingerprint density at radius 3 is 2.39 bits per heavy atom. The number of fused-ring (bicyclic) bond motifs is 1. The van der Waals surface area contributed by atoms with Crippen LogP contribution in [0.15, 0.2) is 30.5 Å². The zero-order chi connectivity index (χ0) is 26.8. The van der Waals surface area contributed by atoms with Gasteiger partial charge in [0.1, 0.15) is 18.1 Å². The molecule has 5 unspecified atom stereocenters. The molecule has 7 N–H and O–H groups in total. The monoisotopic (exact) mass is 519 g/mol. The van der Waals surface area contributed by atoms with Gasteiger partial charge in [-0.2, -0.15) is 11.8 Å². The highest BCUT2D eigenvalue weighted by Gasteiger charge is 2.30. The van der Waals surface area contributed by atoms with Crippen molar-refractivity contribution in [2.75, 3.05) is 12.0 Å². The molecule has 198 valence electrons. The van der Waals surface area contributed by atoms with E-state index in [9.17, 15) is 24.3 Å². The van der Waals surface area contributed by atoms with E-state index in [1.807, 2.05) is 43.6 Å². The van der Waals surface area contributed by atoms with Gasteiger partial charge in [-0.3, -0.25) is 14.4 Å². The van der Waals surface area contributed by atoms with Crippen LogP contribution >= 0.6 is 11.8 Å². The summed E-state index contributed by atoms with van der Waals surface area (Å²) in [5.41, 5.74) is 8.02. The summed E-state index contributed by atoms with van der Waals surface area (Å²) in [5, 5.41) is 18.2. The molecule has 3 amide bonds. The van der Waals surface area contributed by atoms with E-state index >= 15 is 0 Å². The van der Waals surface area contributed by atoms with Crippen LogP contribution in [0.25, 0.3) is 10.9 Å². The van der Waals surface area contributed by atoms with Crippen molar-refractivity contribution in [1.82, 2.24) is 20.9 Å². The molecule has 0 saturated carbocycles. The minimum Gasteiger partial charge on any atom is -0.480 e. The number of hydrogen-bond donors (Lipinski definition) is 6. The number of para-hydroxylation sites is 1. The molecule has 1 aromatic heterocycles. The number of thioether (sulfide) groups is 1. The molecule has 0 saturated heterocycles. The maximum Gasteiger partial charge on any atom is 0.326 e. The number of nitrogens with one attached hydrogen (secondary N) is 4. The summed E-state index contributed by atoms with van der Waals surface area (Å²) in [5.74, 6) is -2.42. The molecule has 0 spiro atoms. The van der Waals surface area contributed by atoms with Crippen LogP contribution in [0.1, 0.15) is 39.2 Å². The molecule has 36 heavy (non-hydrogen) atoms. The van der Waals surface area contributed by atoms with Crippen molar-refractivity contribution in [2.24, 2.45) is 11.7 Å². The average molecular weight is 520 g/mol. The Morgan fingerprint density at radius 2 is 1.75 bits per heavy atom. The minimum atomic E-state index is -1.13. The number of carboxylic acid groups (broad SMARTS) is 1. The number of H-pyrrole nitrogens is 1. The first-order valence-electron chi connectivity index (χ1n) is 12.0. The first-order chi connectivity index (χ1) is 17.1. The third-order valence-electron chi connectivity index (χ3n) is 6.22. The Bertz CT molecular complexity index is 1060. The van der Waals surface area contributed by atoms with E-state index in [1.54, 1.807) is 6.92 Å². The number of hydrogen-bond acceptors (Lipinski definition) is 6. The van der Waals surface area contributed by atoms with Crippen LogP contribution in [0.2, 0.25) is 0 Å². The zero-order valence-corrected chi connectivity index (χ0v) is 22.0. The number of carbonyl (C=O) groups is 4. The highest BCUT2D eigenvalue weighted by Crippen LogP contribution is 2.19. The fraction of sp³-hybridized carbons (Fsp3) is 0.520. The summed E-state index contributed by atoms with van der Waals surface area (Å²) >= 11 is 1.52. The van der Waals surface area contributed by atoms with Crippen LogP contribution in [0.4, 0.5) is 0 Å².